The summed E-state index contributed by atoms with van der Waals surface area (Å²) in [4.78, 5) is 50.7. The van der Waals surface area contributed by atoms with Crippen molar-refractivity contribution in [1.29, 1.82) is 0 Å². The molecular weight excluding hydrogens is 648 g/mol. The summed E-state index contributed by atoms with van der Waals surface area (Å²) in [6.07, 6.45) is 12.3. The maximum atomic E-state index is 16.9. The van der Waals surface area contributed by atoms with Crippen LogP contribution in [-0.2, 0) is 48.6 Å². The Morgan fingerprint density at radius 1 is 0.574 bits per heavy atom. The van der Waals surface area contributed by atoms with Crippen LogP contribution in [0.3, 0.4) is 0 Å². The molecule has 2 fully saturated rings. The third kappa shape index (κ3) is 6.02. The predicted octanol–water partition coefficient (Wildman–Crippen LogP) is 5.20. The van der Waals surface area contributed by atoms with Gasteiger partial charge in [-0.25, -0.2) is 0 Å². The molecule has 0 aromatic heterocycles. The molecule has 2 heterocycles. The van der Waals surface area contributed by atoms with Crippen molar-refractivity contribution in [3.05, 3.63) is 103 Å². The summed E-state index contributed by atoms with van der Waals surface area (Å²) in [6, 6.07) is 4.94. The van der Waals surface area contributed by atoms with E-state index in [1.54, 1.807) is 24.3 Å². The van der Waals surface area contributed by atoms with Gasteiger partial charge < -0.3 is 0 Å². The van der Waals surface area contributed by atoms with Crippen LogP contribution in [0.15, 0.2) is 68.5 Å². The van der Waals surface area contributed by atoms with Gasteiger partial charge in [-0.05, 0) is 0 Å². The topological polar surface area (TPSA) is 74.8 Å². The second-order valence-corrected chi connectivity index (χ2v) is 18.2. The molecule has 244 valence electrons. The molecule has 0 N–H and O–H groups in total. The number of benzene rings is 2. The molecule has 0 radical (unpaired) electrons. The van der Waals surface area contributed by atoms with Crippen LogP contribution >= 0.6 is 0 Å². The standard InChI is InChI=1S/2C13H12F2NO2.2C5H5.Ti/c2*14-10-4-3-9(11(15)8-10)2-1-7-16-12(17)5-6-13(16)18;2*1-2-4-5-3-1;/h2*3-4H,1-2,5-7H2;2*1-3H,4H2;. The van der Waals surface area contributed by atoms with Gasteiger partial charge in [-0.3, -0.25) is 0 Å². The zero-order valence-corrected chi connectivity index (χ0v) is 27.4. The number of likely N-dealkylation sites (tertiary alicyclic amines) is 2. The molecular formula is C36H34F4N2O4Ti. The first-order chi connectivity index (χ1) is 22.6. The maximum absolute atomic E-state index is 16.9. The second kappa shape index (κ2) is 13.7. The number of hydrogen-bond donors (Lipinski definition) is 0. The van der Waals surface area contributed by atoms with Crippen molar-refractivity contribution >= 4 is 31.4 Å². The van der Waals surface area contributed by atoms with Crippen LogP contribution in [0.5, 0.6) is 0 Å². The van der Waals surface area contributed by atoms with Crippen LogP contribution < -0.4 is 7.74 Å². The second-order valence-electron chi connectivity index (χ2n) is 12.3. The van der Waals surface area contributed by atoms with Crippen LogP contribution in [0.2, 0.25) is 0 Å². The van der Waals surface area contributed by atoms with Gasteiger partial charge in [-0.1, -0.05) is 0 Å². The van der Waals surface area contributed by atoms with E-state index in [0.717, 1.165) is 21.9 Å². The molecule has 2 aromatic rings. The van der Waals surface area contributed by atoms with Gasteiger partial charge in [0.25, 0.3) is 0 Å². The summed E-state index contributed by atoms with van der Waals surface area (Å²) in [5, 5.41) is 0. The van der Waals surface area contributed by atoms with Gasteiger partial charge in [-0.15, -0.1) is 0 Å². The van der Waals surface area contributed by atoms with Gasteiger partial charge in [0.1, 0.15) is 0 Å². The number of carbonyl (C=O) groups is 4. The van der Waals surface area contributed by atoms with E-state index in [0.29, 0.717) is 7.76 Å². The molecule has 0 atom stereocenters. The van der Waals surface area contributed by atoms with Gasteiger partial charge >= 0.3 is 275 Å². The Hall–Kier alpha value is -3.89. The molecule has 0 unspecified atom stereocenters. The van der Waals surface area contributed by atoms with Crippen LogP contribution in [0.25, 0.3) is 0 Å². The summed E-state index contributed by atoms with van der Waals surface area (Å²) in [5.41, 5.74) is 0.288. The number of imide groups is 2. The Bertz CT molecular complexity index is 1640. The Morgan fingerprint density at radius 3 is 1.30 bits per heavy atom. The number of rotatable bonds is 12. The van der Waals surface area contributed by atoms with E-state index >= 15 is 17.6 Å². The molecule has 0 saturated carbocycles. The first kappa shape index (κ1) is 33.0. The van der Waals surface area contributed by atoms with E-state index in [1.807, 2.05) is 12.2 Å². The summed E-state index contributed by atoms with van der Waals surface area (Å²) >= 11 is -5.02. The van der Waals surface area contributed by atoms with E-state index < -0.39 is 39.9 Å². The fraction of sp³-hybridized carbons (Fsp3) is 0.333. The third-order valence-corrected chi connectivity index (χ3v) is 17.5. The van der Waals surface area contributed by atoms with Gasteiger partial charge in [0.2, 0.25) is 0 Å². The minimum absolute atomic E-state index is 0.0854. The fourth-order valence-electron chi connectivity index (χ4n) is 7.29. The summed E-state index contributed by atoms with van der Waals surface area (Å²) in [7, 11) is 0. The third-order valence-electron chi connectivity index (χ3n) is 9.56. The van der Waals surface area contributed by atoms with Crippen LogP contribution in [0.1, 0.15) is 62.5 Å². The van der Waals surface area contributed by atoms with Crippen LogP contribution in [-0.4, -0.2) is 46.5 Å². The quantitative estimate of drug-likeness (QED) is 0.176. The van der Waals surface area contributed by atoms with Crippen molar-refractivity contribution in [2.75, 3.05) is 13.1 Å². The Balaban J connectivity index is 1.43. The first-order valence-electron chi connectivity index (χ1n) is 16.0. The number of allylic oxidation sites excluding steroid dienone is 8. The van der Waals surface area contributed by atoms with E-state index in [2.05, 4.69) is 0 Å². The minimum atomic E-state index is -5.02. The Morgan fingerprint density at radius 2 is 0.957 bits per heavy atom. The SMILES string of the molecule is O=C1CCC(=O)N1CCCc1ccc(F)[c]([Ti]([C]2=CC=CC2)([C]2=CC=CC2)[c]2c(F)ccc(CCCN3C(=O)CCC3=O)c2F)c1F. The van der Waals surface area contributed by atoms with E-state index in [4.69, 9.17) is 0 Å². The molecule has 6 nitrogen and oxygen atoms in total. The van der Waals surface area contributed by atoms with Crippen LogP contribution in [0, 0.1) is 23.3 Å². The molecule has 2 aliphatic heterocycles. The van der Waals surface area contributed by atoms with E-state index in [1.165, 1.54) is 12.1 Å². The van der Waals surface area contributed by atoms with Crippen molar-refractivity contribution in [2.45, 2.75) is 64.2 Å². The predicted molar refractivity (Wildman–Crippen MR) is 164 cm³/mol. The number of aryl methyl sites for hydroxylation is 2. The number of carbonyl (C=O) groups excluding carboxylic acids is 4. The summed E-state index contributed by atoms with van der Waals surface area (Å²) < 4.78 is 67.1. The molecule has 2 aromatic carbocycles. The molecule has 0 spiro atoms. The van der Waals surface area contributed by atoms with Gasteiger partial charge in [0.15, 0.2) is 0 Å². The number of nitrogens with zero attached hydrogens (tertiary/aromatic N) is 2. The molecule has 0 bridgehead atoms. The molecule has 4 amide bonds. The van der Waals surface area contributed by atoms with Crippen LogP contribution in [0.4, 0.5) is 17.6 Å². The normalized spacial score (nSPS) is 18.0. The molecule has 47 heavy (non-hydrogen) atoms. The zero-order valence-electron chi connectivity index (χ0n) is 25.8. The van der Waals surface area contributed by atoms with Crippen molar-refractivity contribution in [3.63, 3.8) is 0 Å². The average molecular weight is 683 g/mol. The van der Waals surface area contributed by atoms with Crippen molar-refractivity contribution in [2.24, 2.45) is 0 Å². The monoisotopic (exact) mass is 682 g/mol. The van der Waals surface area contributed by atoms with E-state index in [-0.39, 0.29) is 120 Å². The number of halogens is 4. The molecule has 2 aliphatic carbocycles. The molecule has 6 rings (SSSR count). The molecule has 11 heteroatoms. The van der Waals surface area contributed by atoms with Crippen molar-refractivity contribution < 1.29 is 53.3 Å². The first-order valence-corrected chi connectivity index (χ1v) is 19.1. The summed E-state index contributed by atoms with van der Waals surface area (Å²) in [6.45, 7) is 0.195. The number of hydrogen-bond acceptors (Lipinski definition) is 4. The van der Waals surface area contributed by atoms with Gasteiger partial charge in [0, 0.05) is 0 Å². The van der Waals surface area contributed by atoms with Crippen molar-refractivity contribution in [1.82, 2.24) is 9.80 Å². The van der Waals surface area contributed by atoms with Crippen molar-refractivity contribution in [3.8, 4) is 0 Å². The summed E-state index contributed by atoms with van der Waals surface area (Å²) in [5.74, 6) is -4.62. The fourth-order valence-corrected chi connectivity index (χ4v) is 15.6. The van der Waals surface area contributed by atoms with Gasteiger partial charge in [-0.2, -0.15) is 0 Å². The zero-order chi connectivity index (χ0) is 33.3. The van der Waals surface area contributed by atoms with E-state index in [9.17, 15) is 19.2 Å². The average Bonchev–Trinajstić information content (AvgIpc) is 3.87. The Labute approximate surface area is 273 Å². The number of amides is 4. The Kier molecular flexibility index (Phi) is 9.62. The molecule has 2 saturated heterocycles. The molecule has 4 aliphatic rings. The van der Waals surface area contributed by atoms with Gasteiger partial charge in [0.05, 0.1) is 0 Å².